The number of nitrogens with one attached hydrogen (secondary N) is 1. The number of para-hydroxylation sites is 1. The van der Waals surface area contributed by atoms with E-state index in [4.69, 9.17) is 27.5 Å². The second-order valence-electron chi connectivity index (χ2n) is 3.37. The number of aromatic nitrogens is 1. The summed E-state index contributed by atoms with van der Waals surface area (Å²) in [4.78, 5) is 2.75. The molecule has 0 amide bonds. The summed E-state index contributed by atoms with van der Waals surface area (Å²) >= 11 is 4.99. The number of hydrogen-bond donors (Lipinski definition) is 1. The predicted octanol–water partition coefficient (Wildman–Crippen LogP) is 3.28. The molecule has 0 atom stereocenters. The lowest BCUT2D eigenvalue weighted by molar-refractivity contribution is 0.478. The molecule has 0 fully saturated rings. The topological polar surface area (TPSA) is 72.6 Å². The van der Waals surface area contributed by atoms with Crippen molar-refractivity contribution in [3.05, 3.63) is 52.3 Å². The van der Waals surface area contributed by atoms with Gasteiger partial charge in [-0.2, -0.15) is 10.5 Å². The van der Waals surface area contributed by atoms with Crippen molar-refractivity contribution >= 4 is 12.2 Å². The number of nitriles is 2. The zero-order valence-electron chi connectivity index (χ0n) is 9.18. The van der Waals surface area contributed by atoms with Gasteiger partial charge in [0.05, 0.1) is 5.56 Å². The van der Waals surface area contributed by atoms with E-state index in [-0.39, 0.29) is 5.56 Å². The standard InChI is InChI=1S/C13H7N3OS/c14-7-9-3-1-2-4-11(9)17-12-5-6-16-13(18)10(12)8-15/h1-6H,(H,16,18). The van der Waals surface area contributed by atoms with Gasteiger partial charge in [0.15, 0.2) is 0 Å². The summed E-state index contributed by atoms with van der Waals surface area (Å²) in [5.74, 6) is 0.737. The highest BCUT2D eigenvalue weighted by Crippen LogP contribution is 2.27. The Morgan fingerprint density at radius 1 is 1.06 bits per heavy atom. The molecule has 4 nitrogen and oxygen atoms in total. The molecule has 0 aliphatic heterocycles. The minimum atomic E-state index is 0.250. The number of H-pyrrole nitrogens is 1. The fourth-order valence-corrected chi connectivity index (χ4v) is 1.63. The molecule has 86 valence electrons. The highest BCUT2D eigenvalue weighted by molar-refractivity contribution is 7.71. The van der Waals surface area contributed by atoms with E-state index in [2.05, 4.69) is 4.98 Å². The first kappa shape index (κ1) is 11.8. The largest absolute Gasteiger partial charge is 0.454 e. The Labute approximate surface area is 109 Å². The summed E-state index contributed by atoms with van der Waals surface area (Å²) in [6.07, 6.45) is 1.59. The smallest absolute Gasteiger partial charge is 0.149 e. The Morgan fingerprint density at radius 3 is 2.56 bits per heavy atom. The van der Waals surface area contributed by atoms with Gasteiger partial charge in [-0.3, -0.25) is 0 Å². The maximum Gasteiger partial charge on any atom is 0.149 e. The van der Waals surface area contributed by atoms with E-state index >= 15 is 0 Å². The van der Waals surface area contributed by atoms with Gasteiger partial charge in [0, 0.05) is 6.20 Å². The Bertz CT molecular complexity index is 722. The summed E-state index contributed by atoms with van der Waals surface area (Å²) in [5, 5.41) is 18.0. The van der Waals surface area contributed by atoms with Gasteiger partial charge in [-0.05, 0) is 18.2 Å². The molecule has 0 bridgehead atoms. The Balaban J connectivity index is 2.48. The van der Waals surface area contributed by atoms with E-state index in [1.807, 2.05) is 12.1 Å². The fraction of sp³-hybridized carbons (Fsp3) is 0. The SMILES string of the molecule is N#Cc1ccccc1Oc1cc[nH]c(=S)c1C#N. The molecule has 1 aromatic heterocycles. The van der Waals surface area contributed by atoms with Gasteiger partial charge in [0.1, 0.15) is 33.8 Å². The first-order valence-electron chi connectivity index (χ1n) is 5.05. The van der Waals surface area contributed by atoms with Crippen molar-refractivity contribution in [1.82, 2.24) is 4.98 Å². The van der Waals surface area contributed by atoms with E-state index in [1.165, 1.54) is 0 Å². The van der Waals surface area contributed by atoms with Crippen LogP contribution in [-0.4, -0.2) is 4.98 Å². The summed E-state index contributed by atoms with van der Waals surface area (Å²) in [5.41, 5.74) is 0.653. The summed E-state index contributed by atoms with van der Waals surface area (Å²) in [7, 11) is 0. The van der Waals surface area contributed by atoms with Gasteiger partial charge < -0.3 is 9.72 Å². The lowest BCUT2D eigenvalue weighted by Crippen LogP contribution is -1.92. The van der Waals surface area contributed by atoms with Gasteiger partial charge >= 0.3 is 0 Å². The number of rotatable bonds is 2. The second-order valence-corrected chi connectivity index (χ2v) is 3.78. The number of aromatic amines is 1. The number of ether oxygens (including phenoxy) is 1. The van der Waals surface area contributed by atoms with Gasteiger partial charge in [0.2, 0.25) is 0 Å². The van der Waals surface area contributed by atoms with E-state index in [1.54, 1.807) is 36.5 Å². The molecule has 5 heteroatoms. The molecule has 0 radical (unpaired) electrons. The molecule has 18 heavy (non-hydrogen) atoms. The third-order valence-electron chi connectivity index (χ3n) is 2.26. The monoisotopic (exact) mass is 253 g/mol. The van der Waals surface area contributed by atoms with Crippen LogP contribution in [0.3, 0.4) is 0 Å². The minimum Gasteiger partial charge on any atom is -0.454 e. The zero-order valence-corrected chi connectivity index (χ0v) is 9.99. The van der Waals surface area contributed by atoms with Crippen molar-refractivity contribution in [2.75, 3.05) is 0 Å². The maximum atomic E-state index is 9.02. The van der Waals surface area contributed by atoms with Crippen molar-refractivity contribution in [2.24, 2.45) is 0 Å². The number of hydrogen-bond acceptors (Lipinski definition) is 4. The van der Waals surface area contributed by atoms with Crippen LogP contribution >= 0.6 is 12.2 Å². The van der Waals surface area contributed by atoms with Crippen LogP contribution < -0.4 is 4.74 Å². The maximum absolute atomic E-state index is 9.02. The third-order valence-corrected chi connectivity index (χ3v) is 2.58. The van der Waals surface area contributed by atoms with Crippen molar-refractivity contribution in [1.29, 1.82) is 10.5 Å². The Kier molecular flexibility index (Phi) is 3.38. The quantitative estimate of drug-likeness (QED) is 0.833. The molecular weight excluding hydrogens is 246 g/mol. The molecule has 1 N–H and O–H groups in total. The molecule has 0 spiro atoms. The highest BCUT2D eigenvalue weighted by atomic mass is 32.1. The third kappa shape index (κ3) is 2.22. The zero-order chi connectivity index (χ0) is 13.0. The van der Waals surface area contributed by atoms with E-state index in [0.29, 0.717) is 21.7 Å². The van der Waals surface area contributed by atoms with Crippen molar-refractivity contribution in [3.63, 3.8) is 0 Å². The summed E-state index contributed by atoms with van der Waals surface area (Å²) < 4.78 is 5.88. The summed E-state index contributed by atoms with van der Waals surface area (Å²) in [6, 6.07) is 12.4. The molecule has 0 saturated carbocycles. The van der Waals surface area contributed by atoms with Crippen LogP contribution in [0.5, 0.6) is 11.5 Å². The van der Waals surface area contributed by atoms with E-state index < -0.39 is 0 Å². The molecule has 2 aromatic rings. The lowest BCUT2D eigenvalue weighted by atomic mass is 10.2. The van der Waals surface area contributed by atoms with Crippen LogP contribution in [0.2, 0.25) is 0 Å². The number of pyridine rings is 1. The first-order valence-corrected chi connectivity index (χ1v) is 5.46. The minimum absolute atomic E-state index is 0.250. The van der Waals surface area contributed by atoms with Gasteiger partial charge in [-0.15, -0.1) is 0 Å². The molecule has 0 aliphatic rings. The number of nitrogens with zero attached hydrogens (tertiary/aromatic N) is 2. The average Bonchev–Trinajstić information content (AvgIpc) is 2.40. The highest BCUT2D eigenvalue weighted by Gasteiger charge is 2.08. The predicted molar refractivity (Wildman–Crippen MR) is 67.6 cm³/mol. The van der Waals surface area contributed by atoms with Crippen molar-refractivity contribution in [3.8, 4) is 23.6 Å². The molecule has 1 heterocycles. The molecule has 0 aliphatic carbocycles. The molecule has 0 unspecified atom stereocenters. The Hall–Kier alpha value is -2.63. The van der Waals surface area contributed by atoms with Crippen molar-refractivity contribution < 1.29 is 4.74 Å². The first-order chi connectivity index (χ1) is 8.76. The summed E-state index contributed by atoms with van der Waals surface area (Å²) in [6.45, 7) is 0. The van der Waals surface area contributed by atoms with Crippen LogP contribution in [0.4, 0.5) is 0 Å². The molecular formula is C13H7N3OS. The second kappa shape index (κ2) is 5.13. The van der Waals surface area contributed by atoms with Gasteiger partial charge in [0.25, 0.3) is 0 Å². The van der Waals surface area contributed by atoms with Crippen LogP contribution in [-0.2, 0) is 0 Å². The molecule has 0 saturated heterocycles. The normalized spacial score (nSPS) is 9.22. The van der Waals surface area contributed by atoms with Crippen LogP contribution in [0.15, 0.2) is 36.5 Å². The molecule has 1 aromatic carbocycles. The van der Waals surface area contributed by atoms with Crippen LogP contribution in [0.25, 0.3) is 0 Å². The average molecular weight is 253 g/mol. The number of benzene rings is 1. The van der Waals surface area contributed by atoms with Crippen LogP contribution in [0.1, 0.15) is 11.1 Å². The van der Waals surface area contributed by atoms with Gasteiger partial charge in [-0.1, -0.05) is 24.4 Å². The Morgan fingerprint density at radius 2 is 1.83 bits per heavy atom. The molecule has 2 rings (SSSR count). The van der Waals surface area contributed by atoms with Crippen molar-refractivity contribution in [2.45, 2.75) is 0 Å². The lowest BCUT2D eigenvalue weighted by Gasteiger charge is -2.08. The van der Waals surface area contributed by atoms with Crippen LogP contribution in [0, 0.1) is 27.3 Å². The van der Waals surface area contributed by atoms with E-state index in [0.717, 1.165) is 0 Å². The van der Waals surface area contributed by atoms with Gasteiger partial charge in [-0.25, -0.2) is 0 Å². The van der Waals surface area contributed by atoms with E-state index in [9.17, 15) is 0 Å². The fourth-order valence-electron chi connectivity index (χ4n) is 1.42.